The summed E-state index contributed by atoms with van der Waals surface area (Å²) >= 11 is 0. The van der Waals surface area contributed by atoms with Gasteiger partial charge in [0.1, 0.15) is 0 Å². The van der Waals surface area contributed by atoms with Crippen molar-refractivity contribution in [2.24, 2.45) is 0 Å². The molecule has 2 unspecified atom stereocenters. The van der Waals surface area contributed by atoms with Gasteiger partial charge in [0.2, 0.25) is 0 Å². The third kappa shape index (κ3) is 4.32. The summed E-state index contributed by atoms with van der Waals surface area (Å²) in [6.45, 7) is 11.0. The Labute approximate surface area is 123 Å². The number of benzene rings is 1. The van der Waals surface area contributed by atoms with E-state index in [4.69, 9.17) is 0 Å². The van der Waals surface area contributed by atoms with Crippen LogP contribution in [-0.2, 0) is 15.3 Å². The minimum atomic E-state index is -3.07. The Balaban J connectivity index is 3.11. The lowest BCUT2D eigenvalue weighted by atomic mass is 9.86. The van der Waals surface area contributed by atoms with E-state index in [2.05, 4.69) is 38.2 Å². The van der Waals surface area contributed by atoms with Crippen LogP contribution in [0.2, 0.25) is 0 Å². The largest absolute Gasteiger partial charge is 0.309 e. The van der Waals surface area contributed by atoms with Crippen molar-refractivity contribution >= 4 is 9.84 Å². The van der Waals surface area contributed by atoms with Crippen molar-refractivity contribution in [2.45, 2.75) is 51.3 Å². The zero-order valence-corrected chi connectivity index (χ0v) is 14.2. The Bertz CT molecular complexity index is 527. The number of hydrogen-bond acceptors (Lipinski definition) is 3. The second kappa shape index (κ2) is 6.27. The fourth-order valence-electron chi connectivity index (χ4n) is 2.21. The third-order valence-corrected chi connectivity index (χ3v) is 5.33. The maximum atomic E-state index is 11.8. The van der Waals surface area contributed by atoms with E-state index in [9.17, 15) is 8.42 Å². The fraction of sp³-hybridized carbons (Fsp3) is 0.625. The first-order valence-corrected chi connectivity index (χ1v) is 9.05. The highest BCUT2D eigenvalue weighted by molar-refractivity contribution is 7.91. The number of hydrogen-bond donors (Lipinski definition) is 1. The molecule has 0 bridgehead atoms. The summed E-state index contributed by atoms with van der Waals surface area (Å²) in [6.07, 6.45) is 1.30. The van der Waals surface area contributed by atoms with Crippen molar-refractivity contribution in [2.75, 3.05) is 12.8 Å². The van der Waals surface area contributed by atoms with Crippen molar-refractivity contribution in [1.82, 2.24) is 5.32 Å². The van der Waals surface area contributed by atoms with E-state index in [-0.39, 0.29) is 11.5 Å². The average molecular weight is 297 g/mol. The molecule has 0 fully saturated rings. The minimum Gasteiger partial charge on any atom is -0.309 e. The van der Waals surface area contributed by atoms with Gasteiger partial charge in [0.25, 0.3) is 0 Å². The molecule has 0 aliphatic heterocycles. The standard InChI is InChI=1S/C16H27NO2S/c1-7-17-15(12(2)20(6,18)19)13-8-10-14(11-9-13)16(3,4)5/h8-12,15,17H,7H2,1-6H3. The molecule has 0 spiro atoms. The van der Waals surface area contributed by atoms with Crippen LogP contribution < -0.4 is 5.32 Å². The Morgan fingerprint density at radius 1 is 1.15 bits per heavy atom. The van der Waals surface area contributed by atoms with Crippen molar-refractivity contribution in [3.05, 3.63) is 35.4 Å². The molecule has 0 heterocycles. The van der Waals surface area contributed by atoms with E-state index < -0.39 is 15.1 Å². The van der Waals surface area contributed by atoms with Crippen LogP contribution in [0.5, 0.6) is 0 Å². The van der Waals surface area contributed by atoms with Gasteiger partial charge in [-0.2, -0.15) is 0 Å². The molecule has 0 saturated heterocycles. The molecule has 1 N–H and O–H groups in total. The Kier molecular flexibility index (Phi) is 5.39. The van der Waals surface area contributed by atoms with E-state index in [0.717, 1.165) is 12.1 Å². The number of rotatable bonds is 5. The van der Waals surface area contributed by atoms with E-state index in [1.165, 1.54) is 11.8 Å². The summed E-state index contributed by atoms with van der Waals surface area (Å²) in [6, 6.07) is 8.10. The SMILES string of the molecule is CCNC(c1ccc(C(C)(C)C)cc1)C(C)S(C)(=O)=O. The molecule has 1 rings (SSSR count). The zero-order valence-electron chi connectivity index (χ0n) is 13.4. The van der Waals surface area contributed by atoms with Crippen LogP contribution in [0.25, 0.3) is 0 Å². The Morgan fingerprint density at radius 2 is 1.65 bits per heavy atom. The zero-order chi connectivity index (χ0) is 15.6. The van der Waals surface area contributed by atoms with Gasteiger partial charge in [-0.15, -0.1) is 0 Å². The lowest BCUT2D eigenvalue weighted by Crippen LogP contribution is -2.35. The highest BCUT2D eigenvalue weighted by Gasteiger charge is 2.26. The normalized spacial score (nSPS) is 15.9. The molecule has 3 nitrogen and oxygen atoms in total. The molecule has 1 aromatic carbocycles. The van der Waals surface area contributed by atoms with Crippen LogP contribution in [0.4, 0.5) is 0 Å². The van der Waals surface area contributed by atoms with Crippen LogP contribution in [0.15, 0.2) is 24.3 Å². The van der Waals surface area contributed by atoms with Gasteiger partial charge in [0, 0.05) is 12.3 Å². The molecule has 20 heavy (non-hydrogen) atoms. The van der Waals surface area contributed by atoms with Gasteiger partial charge in [0.05, 0.1) is 5.25 Å². The summed E-state index contributed by atoms with van der Waals surface area (Å²) in [5.74, 6) is 0. The Morgan fingerprint density at radius 3 is 2.00 bits per heavy atom. The molecule has 0 saturated carbocycles. The number of sulfone groups is 1. The van der Waals surface area contributed by atoms with E-state index in [1.807, 2.05) is 19.1 Å². The van der Waals surface area contributed by atoms with Crippen LogP contribution in [0.1, 0.15) is 51.8 Å². The second-order valence-electron chi connectivity index (χ2n) is 6.44. The summed E-state index contributed by atoms with van der Waals surface area (Å²) in [5, 5.41) is 2.84. The smallest absolute Gasteiger partial charge is 0.151 e. The van der Waals surface area contributed by atoms with Gasteiger partial charge in [-0.05, 0) is 30.0 Å². The van der Waals surface area contributed by atoms with Crippen molar-refractivity contribution < 1.29 is 8.42 Å². The van der Waals surface area contributed by atoms with E-state index in [0.29, 0.717) is 0 Å². The summed E-state index contributed by atoms with van der Waals surface area (Å²) in [4.78, 5) is 0. The van der Waals surface area contributed by atoms with Crippen molar-refractivity contribution in [3.8, 4) is 0 Å². The van der Waals surface area contributed by atoms with Crippen molar-refractivity contribution in [3.63, 3.8) is 0 Å². The van der Waals surface area contributed by atoms with Crippen LogP contribution in [-0.4, -0.2) is 26.5 Å². The fourth-order valence-corrected chi connectivity index (χ4v) is 2.96. The first-order chi connectivity index (χ1) is 9.07. The quantitative estimate of drug-likeness (QED) is 0.908. The molecule has 114 valence electrons. The van der Waals surface area contributed by atoms with Gasteiger partial charge in [-0.25, -0.2) is 8.42 Å². The molecular formula is C16H27NO2S. The molecule has 0 radical (unpaired) electrons. The first-order valence-electron chi connectivity index (χ1n) is 7.10. The molecule has 2 atom stereocenters. The molecule has 4 heteroatoms. The van der Waals surface area contributed by atoms with Gasteiger partial charge in [0.15, 0.2) is 9.84 Å². The van der Waals surface area contributed by atoms with Gasteiger partial charge in [-0.3, -0.25) is 0 Å². The molecule has 0 aromatic heterocycles. The summed E-state index contributed by atoms with van der Waals surface area (Å²) < 4.78 is 23.6. The summed E-state index contributed by atoms with van der Waals surface area (Å²) in [5.41, 5.74) is 2.38. The van der Waals surface area contributed by atoms with E-state index in [1.54, 1.807) is 6.92 Å². The van der Waals surface area contributed by atoms with Gasteiger partial charge in [-0.1, -0.05) is 52.0 Å². The van der Waals surface area contributed by atoms with Gasteiger partial charge < -0.3 is 5.32 Å². The van der Waals surface area contributed by atoms with Crippen LogP contribution in [0, 0.1) is 0 Å². The molecule has 0 amide bonds. The maximum absolute atomic E-state index is 11.8. The molecule has 1 aromatic rings. The first kappa shape index (κ1) is 17.2. The minimum absolute atomic E-state index is 0.106. The highest BCUT2D eigenvalue weighted by Crippen LogP contribution is 2.26. The van der Waals surface area contributed by atoms with Crippen molar-refractivity contribution in [1.29, 1.82) is 0 Å². The predicted molar refractivity (Wildman–Crippen MR) is 85.9 cm³/mol. The summed E-state index contributed by atoms with van der Waals surface area (Å²) in [7, 11) is -3.07. The molecule has 0 aliphatic carbocycles. The lowest BCUT2D eigenvalue weighted by molar-refractivity contribution is 0.512. The van der Waals surface area contributed by atoms with Crippen LogP contribution >= 0.6 is 0 Å². The monoisotopic (exact) mass is 297 g/mol. The third-order valence-electron chi connectivity index (χ3n) is 3.70. The highest BCUT2D eigenvalue weighted by atomic mass is 32.2. The average Bonchev–Trinajstić information content (AvgIpc) is 2.33. The van der Waals surface area contributed by atoms with E-state index >= 15 is 0 Å². The predicted octanol–water partition coefficient (Wildman–Crippen LogP) is 3.07. The number of nitrogens with one attached hydrogen (secondary N) is 1. The molecular weight excluding hydrogens is 270 g/mol. The lowest BCUT2D eigenvalue weighted by Gasteiger charge is -2.25. The maximum Gasteiger partial charge on any atom is 0.151 e. The van der Waals surface area contributed by atoms with Gasteiger partial charge >= 0.3 is 0 Å². The molecule has 0 aliphatic rings. The Hall–Kier alpha value is -0.870. The second-order valence-corrected chi connectivity index (χ2v) is 8.84. The topological polar surface area (TPSA) is 46.2 Å². The van der Waals surface area contributed by atoms with Crippen LogP contribution in [0.3, 0.4) is 0 Å².